The predicted molar refractivity (Wildman–Crippen MR) is 89.5 cm³/mol. The second-order valence-corrected chi connectivity index (χ2v) is 7.46. The van der Waals surface area contributed by atoms with Crippen molar-refractivity contribution in [1.82, 2.24) is 0 Å². The zero-order chi connectivity index (χ0) is 13.6. The van der Waals surface area contributed by atoms with Crippen molar-refractivity contribution in [2.45, 2.75) is 87.8 Å². The smallest absolute Gasteiger partial charge is 0.0358 e. The molecule has 0 spiro atoms. The molecule has 0 N–H and O–H groups in total. The molecule has 0 aromatic carbocycles. The first kappa shape index (κ1) is 19.1. The van der Waals surface area contributed by atoms with Gasteiger partial charge in [0.05, 0.1) is 0 Å². The molecule has 2 unspecified atom stereocenters. The van der Waals surface area contributed by atoms with Crippen LogP contribution in [0.3, 0.4) is 0 Å². The summed E-state index contributed by atoms with van der Waals surface area (Å²) in [7, 11) is 0. The minimum absolute atomic E-state index is 0.237. The van der Waals surface area contributed by atoms with Gasteiger partial charge in [-0.2, -0.15) is 0 Å². The average molecular weight is 360 g/mol. The number of unbranched alkanes of at least 4 members (excludes halogenated alkanes) is 7. The van der Waals surface area contributed by atoms with Crippen LogP contribution in [-0.2, 0) is 0 Å². The summed E-state index contributed by atoms with van der Waals surface area (Å²) in [5, 5.41) is 0.237. The summed E-state index contributed by atoms with van der Waals surface area (Å²) < 4.78 is 0. The molecular weight excluding hydrogens is 331 g/mol. The fourth-order valence-corrected chi connectivity index (χ4v) is 3.82. The Kier molecular flexibility index (Phi) is 15.3. The third-order valence-electron chi connectivity index (χ3n) is 3.30. The lowest BCUT2D eigenvalue weighted by Gasteiger charge is -2.13. The summed E-state index contributed by atoms with van der Waals surface area (Å²) in [6.07, 6.45) is 14.3. The Morgan fingerprint density at radius 2 is 1.44 bits per heavy atom. The van der Waals surface area contributed by atoms with Crippen molar-refractivity contribution in [3.8, 4) is 0 Å². The van der Waals surface area contributed by atoms with Gasteiger partial charge in [-0.05, 0) is 19.3 Å². The van der Waals surface area contributed by atoms with E-state index in [9.17, 15) is 0 Å². The molecule has 0 saturated heterocycles. The van der Waals surface area contributed by atoms with E-state index in [0.717, 1.165) is 12.8 Å². The monoisotopic (exact) mass is 358 g/mol. The highest BCUT2D eigenvalue weighted by molar-refractivity contribution is 9.09. The Bertz CT molecular complexity index is 165. The van der Waals surface area contributed by atoms with Crippen LogP contribution in [0.1, 0.15) is 77.6 Å². The van der Waals surface area contributed by atoms with E-state index < -0.39 is 0 Å². The van der Waals surface area contributed by atoms with Crippen molar-refractivity contribution in [2.24, 2.45) is 0 Å². The van der Waals surface area contributed by atoms with Crippen molar-refractivity contribution in [2.75, 3.05) is 5.88 Å². The van der Waals surface area contributed by atoms with Gasteiger partial charge in [-0.3, -0.25) is 0 Å². The summed E-state index contributed by atoms with van der Waals surface area (Å²) in [5.74, 6) is 0.672. The van der Waals surface area contributed by atoms with Crippen LogP contribution in [0.2, 0.25) is 0 Å². The van der Waals surface area contributed by atoms with E-state index in [1.165, 1.54) is 57.8 Å². The molecule has 0 fully saturated rings. The van der Waals surface area contributed by atoms with Crippen molar-refractivity contribution in [3.05, 3.63) is 0 Å². The highest BCUT2D eigenvalue weighted by Crippen LogP contribution is 2.21. The fraction of sp³-hybridized carbons (Fsp3) is 1.00. The number of hydrogen-bond acceptors (Lipinski definition) is 0. The van der Waals surface area contributed by atoms with Crippen molar-refractivity contribution in [3.63, 3.8) is 0 Å². The van der Waals surface area contributed by atoms with Gasteiger partial charge in [0.15, 0.2) is 0 Å². The predicted octanol–water partition coefficient (Wildman–Crippen LogP) is 6.91. The van der Waals surface area contributed by atoms with Crippen molar-refractivity contribution < 1.29 is 0 Å². The first-order valence-electron chi connectivity index (χ1n) is 7.54. The first-order chi connectivity index (χ1) is 8.70. The topological polar surface area (TPSA) is 0 Å². The van der Waals surface area contributed by atoms with E-state index in [0.29, 0.717) is 10.7 Å². The third kappa shape index (κ3) is 13.5. The van der Waals surface area contributed by atoms with Crippen LogP contribution in [0.25, 0.3) is 0 Å². The Morgan fingerprint density at radius 1 is 0.889 bits per heavy atom. The highest BCUT2D eigenvalue weighted by Gasteiger charge is 2.11. The highest BCUT2D eigenvalue weighted by atomic mass is 79.9. The van der Waals surface area contributed by atoms with E-state index in [1.54, 1.807) is 0 Å². The minimum atomic E-state index is 0.237. The molecule has 0 radical (unpaired) electrons. The number of alkyl halides is 3. The molecule has 0 aliphatic rings. The Balaban J connectivity index is 3.22. The van der Waals surface area contributed by atoms with Crippen molar-refractivity contribution >= 4 is 39.1 Å². The van der Waals surface area contributed by atoms with Crippen LogP contribution in [0, 0.1) is 0 Å². The maximum atomic E-state index is 6.17. The third-order valence-corrected chi connectivity index (χ3v) is 4.75. The average Bonchev–Trinajstić information content (AvgIpc) is 2.32. The molecule has 0 saturated carbocycles. The van der Waals surface area contributed by atoms with Gasteiger partial charge < -0.3 is 0 Å². The molecule has 18 heavy (non-hydrogen) atoms. The Morgan fingerprint density at radius 3 is 2.00 bits per heavy atom. The van der Waals surface area contributed by atoms with Gasteiger partial charge in [0.2, 0.25) is 0 Å². The lowest BCUT2D eigenvalue weighted by molar-refractivity contribution is 0.552. The SMILES string of the molecule is CCCCCCCCCCC(Br)CC(Cl)CCCl. The Labute approximate surface area is 132 Å². The lowest BCUT2D eigenvalue weighted by atomic mass is 10.0. The second-order valence-electron chi connectivity index (χ2n) is 5.17. The van der Waals surface area contributed by atoms with E-state index in [1.807, 2.05) is 0 Å². The maximum absolute atomic E-state index is 6.17. The standard InChI is InChI=1S/C15H29BrCl2/c1-2-3-4-5-6-7-8-9-10-14(16)13-15(18)11-12-17/h14-15H,2-13H2,1H3. The number of rotatable bonds is 13. The van der Waals surface area contributed by atoms with Crippen LogP contribution < -0.4 is 0 Å². The zero-order valence-electron chi connectivity index (χ0n) is 11.8. The molecule has 0 aliphatic carbocycles. The molecule has 0 aliphatic heterocycles. The van der Waals surface area contributed by atoms with Gasteiger partial charge in [-0.15, -0.1) is 23.2 Å². The van der Waals surface area contributed by atoms with Crippen LogP contribution in [0.4, 0.5) is 0 Å². The molecule has 0 heterocycles. The molecule has 0 rings (SSSR count). The maximum Gasteiger partial charge on any atom is 0.0358 e. The number of halogens is 3. The molecule has 0 bridgehead atoms. The molecule has 110 valence electrons. The summed E-state index contributed by atoms with van der Waals surface area (Å²) in [4.78, 5) is 0.573. The molecule has 0 aromatic rings. The van der Waals surface area contributed by atoms with Crippen LogP contribution in [-0.4, -0.2) is 16.1 Å². The first-order valence-corrected chi connectivity index (χ1v) is 9.43. The molecule has 0 nitrogen and oxygen atoms in total. The molecule has 2 atom stereocenters. The lowest BCUT2D eigenvalue weighted by Crippen LogP contribution is -2.08. The van der Waals surface area contributed by atoms with Crippen LogP contribution >= 0.6 is 39.1 Å². The summed E-state index contributed by atoms with van der Waals surface area (Å²) >= 11 is 15.6. The van der Waals surface area contributed by atoms with Crippen LogP contribution in [0.15, 0.2) is 0 Å². The van der Waals surface area contributed by atoms with Gasteiger partial charge >= 0.3 is 0 Å². The summed E-state index contributed by atoms with van der Waals surface area (Å²) in [6, 6.07) is 0. The van der Waals surface area contributed by atoms with Crippen molar-refractivity contribution in [1.29, 1.82) is 0 Å². The van der Waals surface area contributed by atoms with Gasteiger partial charge in [0.25, 0.3) is 0 Å². The zero-order valence-corrected chi connectivity index (χ0v) is 14.9. The van der Waals surface area contributed by atoms with E-state index in [4.69, 9.17) is 23.2 Å². The quantitative estimate of drug-likeness (QED) is 0.247. The summed E-state index contributed by atoms with van der Waals surface area (Å²) in [5.41, 5.74) is 0. The van der Waals surface area contributed by atoms with Gasteiger partial charge in [-0.1, -0.05) is 74.2 Å². The molecular formula is C15H29BrCl2. The van der Waals surface area contributed by atoms with Gasteiger partial charge in [0.1, 0.15) is 0 Å². The molecule has 0 aromatic heterocycles. The second kappa shape index (κ2) is 14.5. The normalized spacial score (nSPS) is 14.7. The fourth-order valence-electron chi connectivity index (χ4n) is 2.13. The Hall–Kier alpha value is 1.06. The van der Waals surface area contributed by atoms with E-state index >= 15 is 0 Å². The van der Waals surface area contributed by atoms with E-state index in [-0.39, 0.29) is 5.38 Å². The minimum Gasteiger partial charge on any atom is -0.127 e. The van der Waals surface area contributed by atoms with E-state index in [2.05, 4.69) is 22.9 Å². The molecule has 3 heteroatoms. The summed E-state index contributed by atoms with van der Waals surface area (Å²) in [6.45, 7) is 2.27. The van der Waals surface area contributed by atoms with Gasteiger partial charge in [-0.25, -0.2) is 0 Å². The van der Waals surface area contributed by atoms with Crippen LogP contribution in [0.5, 0.6) is 0 Å². The van der Waals surface area contributed by atoms with Gasteiger partial charge in [0, 0.05) is 16.1 Å². The number of hydrogen-bond donors (Lipinski definition) is 0. The largest absolute Gasteiger partial charge is 0.127 e. The molecule has 0 amide bonds.